The second-order valence-electron chi connectivity index (χ2n) is 8.55. The fraction of sp³-hybridized carbons (Fsp3) is 0.375. The van der Waals surface area contributed by atoms with Crippen molar-refractivity contribution in [1.82, 2.24) is 19.9 Å². The van der Waals surface area contributed by atoms with Gasteiger partial charge in [-0.1, -0.05) is 6.07 Å². The second-order valence-corrected chi connectivity index (χ2v) is 8.55. The number of aromatic nitrogens is 4. The van der Waals surface area contributed by atoms with Crippen molar-refractivity contribution in [2.24, 2.45) is 0 Å². The van der Waals surface area contributed by atoms with Gasteiger partial charge in [0.1, 0.15) is 17.1 Å². The monoisotopic (exact) mass is 517 g/mol. The van der Waals surface area contributed by atoms with Crippen molar-refractivity contribution >= 4 is 23.9 Å². The van der Waals surface area contributed by atoms with Crippen LogP contribution in [0.5, 0.6) is 11.6 Å². The molecule has 4 heterocycles. The number of fused-ring (bicyclic) bond motifs is 1. The Labute approximate surface area is 211 Å². The van der Waals surface area contributed by atoms with Crippen LogP contribution in [0.4, 0.5) is 30.6 Å². The first-order chi connectivity index (χ1) is 17.7. The molecule has 0 bridgehead atoms. The third-order valence-corrected chi connectivity index (χ3v) is 5.92. The smallest absolute Gasteiger partial charge is 0.433 e. The molecule has 3 aromatic heterocycles. The minimum atomic E-state index is -4.52. The SMILES string of the molecule is CC(CO)N(C)c1nc(NCc2ccc(Oc3ccc(C(F)(F)F)nc3)nc2)nc2c1N(C=O)CCC2. The summed E-state index contributed by atoms with van der Waals surface area (Å²) in [4.78, 5) is 31.8. The van der Waals surface area contributed by atoms with E-state index in [1.165, 1.54) is 6.07 Å². The van der Waals surface area contributed by atoms with Gasteiger partial charge in [0.2, 0.25) is 18.2 Å². The Bertz CT molecular complexity index is 1220. The third kappa shape index (κ3) is 6.05. The highest BCUT2D eigenvalue weighted by Crippen LogP contribution is 2.35. The van der Waals surface area contributed by atoms with Crippen LogP contribution in [0.3, 0.4) is 0 Å². The molecule has 0 radical (unpaired) electrons. The summed E-state index contributed by atoms with van der Waals surface area (Å²) in [6, 6.07) is 5.14. The average molecular weight is 518 g/mol. The number of halogens is 3. The molecule has 13 heteroatoms. The van der Waals surface area contributed by atoms with Crippen LogP contribution in [0.15, 0.2) is 36.7 Å². The Kier molecular flexibility index (Phi) is 7.71. The number of hydrogen-bond acceptors (Lipinski definition) is 9. The van der Waals surface area contributed by atoms with Crippen molar-refractivity contribution in [2.45, 2.75) is 38.5 Å². The number of aliphatic hydroxyl groups excluding tert-OH is 1. The van der Waals surface area contributed by atoms with E-state index in [0.29, 0.717) is 37.0 Å². The van der Waals surface area contributed by atoms with Gasteiger partial charge in [0, 0.05) is 32.4 Å². The summed E-state index contributed by atoms with van der Waals surface area (Å²) >= 11 is 0. The molecule has 1 aliphatic rings. The van der Waals surface area contributed by atoms with Crippen LogP contribution in [-0.2, 0) is 23.9 Å². The number of likely N-dealkylation sites (N-methyl/N-ethyl adjacent to an activating group) is 1. The summed E-state index contributed by atoms with van der Waals surface area (Å²) in [7, 11) is 1.81. The zero-order valence-corrected chi connectivity index (χ0v) is 20.2. The predicted molar refractivity (Wildman–Crippen MR) is 130 cm³/mol. The molecule has 10 nitrogen and oxygen atoms in total. The minimum Gasteiger partial charge on any atom is -0.437 e. The Hall–Kier alpha value is -4.00. The van der Waals surface area contributed by atoms with Crippen molar-refractivity contribution in [1.29, 1.82) is 0 Å². The molecule has 0 fully saturated rings. The normalized spacial score (nSPS) is 14.1. The van der Waals surface area contributed by atoms with Crippen molar-refractivity contribution in [3.8, 4) is 11.6 Å². The third-order valence-electron chi connectivity index (χ3n) is 5.92. The lowest BCUT2D eigenvalue weighted by molar-refractivity contribution is -0.141. The van der Waals surface area contributed by atoms with E-state index in [2.05, 4.69) is 25.3 Å². The highest BCUT2D eigenvalue weighted by atomic mass is 19.4. The summed E-state index contributed by atoms with van der Waals surface area (Å²) in [6.07, 6.45) is 0.275. The number of carbonyl (C=O) groups excluding carboxylic acids is 1. The molecule has 196 valence electrons. The lowest BCUT2D eigenvalue weighted by Gasteiger charge is -2.33. The molecule has 37 heavy (non-hydrogen) atoms. The molecule has 4 rings (SSSR count). The van der Waals surface area contributed by atoms with Gasteiger partial charge >= 0.3 is 6.18 Å². The van der Waals surface area contributed by atoms with Crippen LogP contribution in [-0.4, -0.2) is 57.7 Å². The van der Waals surface area contributed by atoms with Gasteiger partial charge in [0.15, 0.2) is 5.82 Å². The van der Waals surface area contributed by atoms with E-state index in [-0.39, 0.29) is 24.3 Å². The number of ether oxygens (including phenoxy) is 1. The first-order valence-corrected chi connectivity index (χ1v) is 11.6. The molecule has 0 saturated carbocycles. The number of aryl methyl sites for hydroxylation is 1. The zero-order valence-electron chi connectivity index (χ0n) is 20.2. The fourth-order valence-electron chi connectivity index (χ4n) is 3.73. The quantitative estimate of drug-likeness (QED) is 0.412. The first-order valence-electron chi connectivity index (χ1n) is 11.6. The van der Waals surface area contributed by atoms with Crippen LogP contribution in [0.2, 0.25) is 0 Å². The van der Waals surface area contributed by atoms with Gasteiger partial charge < -0.3 is 25.0 Å². The van der Waals surface area contributed by atoms with Crippen molar-refractivity contribution in [3.05, 3.63) is 53.6 Å². The molecule has 2 N–H and O–H groups in total. The van der Waals surface area contributed by atoms with Gasteiger partial charge in [-0.15, -0.1) is 0 Å². The van der Waals surface area contributed by atoms with E-state index < -0.39 is 11.9 Å². The van der Waals surface area contributed by atoms with E-state index in [0.717, 1.165) is 36.4 Å². The Balaban J connectivity index is 1.46. The molecule has 3 aromatic rings. The maximum atomic E-state index is 12.7. The number of anilines is 3. The maximum absolute atomic E-state index is 12.7. The lowest BCUT2D eigenvalue weighted by atomic mass is 10.1. The van der Waals surface area contributed by atoms with E-state index in [1.807, 2.05) is 11.8 Å². The van der Waals surface area contributed by atoms with E-state index in [1.54, 1.807) is 30.3 Å². The summed E-state index contributed by atoms with van der Waals surface area (Å²) in [5.41, 5.74) is 1.18. The number of alkyl halides is 3. The highest BCUT2D eigenvalue weighted by Gasteiger charge is 2.32. The number of carbonyl (C=O) groups is 1. The topological polar surface area (TPSA) is 117 Å². The highest BCUT2D eigenvalue weighted by molar-refractivity contribution is 5.85. The van der Waals surface area contributed by atoms with Gasteiger partial charge in [0.05, 0.1) is 24.5 Å². The molecule has 1 atom stereocenters. The predicted octanol–water partition coefficient (Wildman–Crippen LogP) is 3.42. The Morgan fingerprint density at radius 2 is 2.03 bits per heavy atom. The number of pyridine rings is 2. The number of rotatable bonds is 9. The molecule has 0 saturated heterocycles. The molecule has 0 spiro atoms. The molecule has 1 unspecified atom stereocenters. The van der Waals surface area contributed by atoms with Crippen LogP contribution >= 0.6 is 0 Å². The molecule has 1 aliphatic heterocycles. The number of nitrogens with one attached hydrogen (secondary N) is 1. The fourth-order valence-corrected chi connectivity index (χ4v) is 3.73. The molecular formula is C24H26F3N7O3. The number of nitrogens with zero attached hydrogens (tertiary/aromatic N) is 6. The van der Waals surface area contributed by atoms with Crippen LogP contribution in [0.25, 0.3) is 0 Å². The number of amides is 1. The van der Waals surface area contributed by atoms with E-state index >= 15 is 0 Å². The van der Waals surface area contributed by atoms with Crippen molar-refractivity contribution in [2.75, 3.05) is 35.3 Å². The molecular weight excluding hydrogens is 491 g/mol. The standard InChI is InChI=1S/C24H26F3N7O3/c1-15(13-35)33(2)22-21-18(4-3-9-34(21)14-36)31-23(32-22)30-11-16-5-8-20(29-10-16)37-17-6-7-19(28-12-17)24(25,26)27/h5-8,10,12,14-15,35H,3-4,9,11,13H2,1-2H3,(H,30,31,32). The first kappa shape index (κ1) is 26.1. The van der Waals surface area contributed by atoms with Gasteiger partial charge in [-0.3, -0.25) is 4.79 Å². The summed E-state index contributed by atoms with van der Waals surface area (Å²) in [5, 5.41) is 12.8. The van der Waals surface area contributed by atoms with Gasteiger partial charge in [0.25, 0.3) is 0 Å². The summed E-state index contributed by atoms with van der Waals surface area (Å²) in [5.74, 6) is 1.25. The van der Waals surface area contributed by atoms with Crippen molar-refractivity contribution in [3.63, 3.8) is 0 Å². The Morgan fingerprint density at radius 3 is 2.65 bits per heavy atom. The number of aliphatic hydroxyl groups is 1. The van der Waals surface area contributed by atoms with E-state index in [4.69, 9.17) is 4.74 Å². The molecule has 0 aliphatic carbocycles. The van der Waals surface area contributed by atoms with Gasteiger partial charge in [-0.2, -0.15) is 18.2 Å². The second kappa shape index (κ2) is 10.9. The summed E-state index contributed by atoms with van der Waals surface area (Å²) in [6.45, 7) is 2.68. The number of hydrogen-bond donors (Lipinski definition) is 2. The van der Waals surface area contributed by atoms with Crippen LogP contribution in [0.1, 0.15) is 30.3 Å². The summed E-state index contributed by atoms with van der Waals surface area (Å²) < 4.78 is 43.4. The average Bonchev–Trinajstić information content (AvgIpc) is 2.90. The molecule has 1 amide bonds. The lowest BCUT2D eigenvalue weighted by Crippen LogP contribution is -2.37. The van der Waals surface area contributed by atoms with E-state index in [9.17, 15) is 23.1 Å². The van der Waals surface area contributed by atoms with Crippen LogP contribution < -0.4 is 19.9 Å². The van der Waals surface area contributed by atoms with Gasteiger partial charge in [-0.05, 0) is 37.5 Å². The Morgan fingerprint density at radius 1 is 1.22 bits per heavy atom. The van der Waals surface area contributed by atoms with Crippen LogP contribution in [0, 0.1) is 0 Å². The van der Waals surface area contributed by atoms with Gasteiger partial charge in [-0.25, -0.2) is 15.0 Å². The van der Waals surface area contributed by atoms with Crippen molar-refractivity contribution < 1.29 is 27.8 Å². The minimum absolute atomic E-state index is 0.0816. The maximum Gasteiger partial charge on any atom is 0.433 e. The largest absolute Gasteiger partial charge is 0.437 e. The zero-order chi connectivity index (χ0) is 26.6. The molecule has 0 aromatic carbocycles.